The molecule has 2 amide bonds. The van der Waals surface area contributed by atoms with E-state index in [1.54, 1.807) is 0 Å². The average molecular weight is 260 g/mol. The van der Waals surface area contributed by atoms with Crippen LogP contribution in [0.15, 0.2) is 24.3 Å². The van der Waals surface area contributed by atoms with Gasteiger partial charge in [-0.2, -0.15) is 0 Å². The molecule has 0 aliphatic carbocycles. The summed E-state index contributed by atoms with van der Waals surface area (Å²) in [7, 11) is 0. The number of carbonyl (C=O) groups is 1. The van der Waals surface area contributed by atoms with E-state index in [-0.39, 0.29) is 6.03 Å². The molecule has 1 heterocycles. The van der Waals surface area contributed by atoms with E-state index in [0.717, 1.165) is 25.1 Å². The Hall–Kier alpha value is -1.51. The molecule has 1 atom stereocenters. The minimum absolute atomic E-state index is 0.0319. The lowest BCUT2D eigenvalue weighted by molar-refractivity contribution is 0.170. The monoisotopic (exact) mass is 260 g/mol. The van der Waals surface area contributed by atoms with Crippen molar-refractivity contribution in [2.45, 2.75) is 52.0 Å². The molecular formula is C16H24N2O. The quantitative estimate of drug-likeness (QED) is 0.848. The predicted molar refractivity (Wildman–Crippen MR) is 79.6 cm³/mol. The Kier molecular flexibility index (Phi) is 4.46. The molecule has 1 aliphatic heterocycles. The minimum Gasteiger partial charge on any atom is -0.322 e. The van der Waals surface area contributed by atoms with Gasteiger partial charge in [-0.05, 0) is 49.8 Å². The first-order chi connectivity index (χ1) is 9.08. The van der Waals surface area contributed by atoms with Crippen LogP contribution in [0.3, 0.4) is 0 Å². The highest BCUT2D eigenvalue weighted by molar-refractivity contribution is 5.89. The highest BCUT2D eigenvalue weighted by Gasteiger charge is 2.22. The van der Waals surface area contributed by atoms with E-state index in [0.29, 0.717) is 12.0 Å². The Bertz CT molecular complexity index is 425. The van der Waals surface area contributed by atoms with Crippen LogP contribution in [0.2, 0.25) is 0 Å². The highest BCUT2D eigenvalue weighted by atomic mass is 16.2. The van der Waals surface area contributed by atoms with Crippen molar-refractivity contribution in [2.24, 2.45) is 0 Å². The molecule has 0 radical (unpaired) electrons. The molecule has 1 N–H and O–H groups in total. The Morgan fingerprint density at radius 2 is 1.95 bits per heavy atom. The normalized spacial score (nSPS) is 19.6. The van der Waals surface area contributed by atoms with E-state index in [1.165, 1.54) is 12.0 Å². The second-order valence-corrected chi connectivity index (χ2v) is 5.75. The Balaban J connectivity index is 1.98. The van der Waals surface area contributed by atoms with Gasteiger partial charge in [-0.15, -0.1) is 0 Å². The van der Waals surface area contributed by atoms with Gasteiger partial charge in [0.2, 0.25) is 0 Å². The maximum atomic E-state index is 12.2. The fraction of sp³-hybridized carbons (Fsp3) is 0.562. The number of urea groups is 1. The number of hydrogen-bond donors (Lipinski definition) is 1. The number of nitrogens with one attached hydrogen (secondary N) is 1. The number of anilines is 1. The zero-order chi connectivity index (χ0) is 13.8. The van der Waals surface area contributed by atoms with Crippen LogP contribution in [0.25, 0.3) is 0 Å². The third kappa shape index (κ3) is 3.49. The standard InChI is InChI=1S/C16H24N2O/c1-12(2)14-7-9-15(10-8-14)17-16(19)18-11-5-4-6-13(18)3/h7-10,12-13H,4-6,11H2,1-3H3,(H,17,19)/t13-/m0/s1. The first kappa shape index (κ1) is 13.9. The summed E-state index contributed by atoms with van der Waals surface area (Å²) in [5, 5.41) is 3.00. The van der Waals surface area contributed by atoms with Crippen molar-refractivity contribution >= 4 is 11.7 Å². The van der Waals surface area contributed by atoms with E-state index in [1.807, 2.05) is 17.0 Å². The number of piperidine rings is 1. The number of rotatable bonds is 2. The fourth-order valence-electron chi connectivity index (χ4n) is 2.55. The first-order valence-electron chi connectivity index (χ1n) is 7.25. The molecule has 0 saturated carbocycles. The van der Waals surface area contributed by atoms with E-state index in [4.69, 9.17) is 0 Å². The molecule has 1 aromatic rings. The summed E-state index contributed by atoms with van der Waals surface area (Å²) in [6.45, 7) is 7.34. The van der Waals surface area contributed by atoms with Gasteiger partial charge < -0.3 is 10.2 Å². The van der Waals surface area contributed by atoms with Crippen LogP contribution in [0.1, 0.15) is 51.5 Å². The van der Waals surface area contributed by atoms with Gasteiger partial charge in [0.05, 0.1) is 0 Å². The highest BCUT2D eigenvalue weighted by Crippen LogP contribution is 2.20. The van der Waals surface area contributed by atoms with Gasteiger partial charge in [0.1, 0.15) is 0 Å². The van der Waals surface area contributed by atoms with Crippen molar-refractivity contribution in [3.8, 4) is 0 Å². The lowest BCUT2D eigenvalue weighted by Gasteiger charge is -2.33. The maximum absolute atomic E-state index is 12.2. The van der Waals surface area contributed by atoms with Crippen LogP contribution in [0.4, 0.5) is 10.5 Å². The largest absolute Gasteiger partial charge is 0.322 e. The van der Waals surface area contributed by atoms with Crippen LogP contribution in [-0.2, 0) is 0 Å². The summed E-state index contributed by atoms with van der Waals surface area (Å²) in [6.07, 6.45) is 3.46. The van der Waals surface area contributed by atoms with Crippen molar-refractivity contribution < 1.29 is 4.79 Å². The molecule has 0 spiro atoms. The molecule has 0 unspecified atom stereocenters. The molecular weight excluding hydrogens is 236 g/mol. The SMILES string of the molecule is CC(C)c1ccc(NC(=O)N2CCCC[C@@H]2C)cc1. The van der Waals surface area contributed by atoms with Gasteiger partial charge in [0.25, 0.3) is 0 Å². The second kappa shape index (κ2) is 6.09. The van der Waals surface area contributed by atoms with Gasteiger partial charge >= 0.3 is 6.03 Å². The summed E-state index contributed by atoms with van der Waals surface area (Å²) in [5.41, 5.74) is 2.18. The van der Waals surface area contributed by atoms with Gasteiger partial charge in [-0.25, -0.2) is 4.79 Å². The Morgan fingerprint density at radius 3 is 2.53 bits per heavy atom. The van der Waals surface area contributed by atoms with Crippen molar-refractivity contribution in [2.75, 3.05) is 11.9 Å². The smallest absolute Gasteiger partial charge is 0.322 e. The summed E-state index contributed by atoms with van der Waals surface area (Å²) in [4.78, 5) is 14.2. The van der Waals surface area contributed by atoms with Crippen molar-refractivity contribution in [1.82, 2.24) is 4.90 Å². The van der Waals surface area contributed by atoms with Crippen LogP contribution >= 0.6 is 0 Å². The summed E-state index contributed by atoms with van der Waals surface area (Å²) in [5.74, 6) is 0.520. The summed E-state index contributed by atoms with van der Waals surface area (Å²) in [6, 6.07) is 8.52. The third-order valence-corrected chi connectivity index (χ3v) is 3.89. The minimum atomic E-state index is 0.0319. The number of amides is 2. The van der Waals surface area contributed by atoms with E-state index >= 15 is 0 Å². The molecule has 104 valence electrons. The van der Waals surface area contributed by atoms with Crippen LogP contribution < -0.4 is 5.32 Å². The predicted octanol–water partition coefficient (Wildman–Crippen LogP) is 4.22. The number of nitrogens with zero attached hydrogens (tertiary/aromatic N) is 1. The number of hydrogen-bond acceptors (Lipinski definition) is 1. The lowest BCUT2D eigenvalue weighted by atomic mass is 10.0. The summed E-state index contributed by atoms with van der Waals surface area (Å²) >= 11 is 0. The molecule has 2 rings (SSSR count). The number of carbonyl (C=O) groups excluding carboxylic acids is 1. The van der Waals surface area contributed by atoms with Crippen molar-refractivity contribution in [3.05, 3.63) is 29.8 Å². The molecule has 1 saturated heterocycles. The molecule has 0 bridgehead atoms. The molecule has 1 aromatic carbocycles. The maximum Gasteiger partial charge on any atom is 0.322 e. The summed E-state index contributed by atoms with van der Waals surface area (Å²) < 4.78 is 0. The van der Waals surface area contributed by atoms with Crippen LogP contribution in [0, 0.1) is 0 Å². The molecule has 0 aromatic heterocycles. The first-order valence-corrected chi connectivity index (χ1v) is 7.25. The average Bonchev–Trinajstić information content (AvgIpc) is 2.39. The topological polar surface area (TPSA) is 32.3 Å². The van der Waals surface area contributed by atoms with E-state index in [9.17, 15) is 4.79 Å². The molecule has 1 aliphatic rings. The zero-order valence-electron chi connectivity index (χ0n) is 12.1. The van der Waals surface area contributed by atoms with Crippen LogP contribution in [0.5, 0.6) is 0 Å². The number of likely N-dealkylation sites (tertiary alicyclic amines) is 1. The lowest BCUT2D eigenvalue weighted by Crippen LogP contribution is -2.44. The van der Waals surface area contributed by atoms with Crippen LogP contribution in [-0.4, -0.2) is 23.5 Å². The van der Waals surface area contributed by atoms with Gasteiger partial charge in [0.15, 0.2) is 0 Å². The Labute approximate surface area is 116 Å². The fourth-order valence-corrected chi connectivity index (χ4v) is 2.55. The van der Waals surface area contributed by atoms with Gasteiger partial charge in [-0.3, -0.25) is 0 Å². The van der Waals surface area contributed by atoms with E-state index in [2.05, 4.69) is 38.2 Å². The van der Waals surface area contributed by atoms with E-state index < -0.39 is 0 Å². The van der Waals surface area contributed by atoms with Crippen molar-refractivity contribution in [1.29, 1.82) is 0 Å². The van der Waals surface area contributed by atoms with Gasteiger partial charge in [0, 0.05) is 18.3 Å². The zero-order valence-corrected chi connectivity index (χ0v) is 12.1. The molecule has 3 nitrogen and oxygen atoms in total. The van der Waals surface area contributed by atoms with Gasteiger partial charge in [-0.1, -0.05) is 26.0 Å². The Morgan fingerprint density at radius 1 is 1.26 bits per heavy atom. The third-order valence-electron chi connectivity index (χ3n) is 3.89. The second-order valence-electron chi connectivity index (χ2n) is 5.75. The molecule has 3 heteroatoms. The molecule has 1 fully saturated rings. The number of benzene rings is 1. The molecule has 19 heavy (non-hydrogen) atoms. The van der Waals surface area contributed by atoms with Crippen molar-refractivity contribution in [3.63, 3.8) is 0 Å².